The number of piperidine rings is 1. The van der Waals surface area contributed by atoms with Crippen molar-refractivity contribution >= 4 is 28.9 Å². The van der Waals surface area contributed by atoms with E-state index in [1.807, 2.05) is 6.07 Å². The second kappa shape index (κ2) is 4.60. The Kier molecular flexibility index (Phi) is 3.39. The Labute approximate surface area is 99.4 Å². The first-order valence-electron chi connectivity index (χ1n) is 5.05. The second-order valence-electron chi connectivity index (χ2n) is 3.84. The quantitative estimate of drug-likeness (QED) is 0.823. The lowest BCUT2D eigenvalue weighted by Crippen LogP contribution is -2.38. The molecule has 1 N–H and O–H groups in total. The van der Waals surface area contributed by atoms with Gasteiger partial charge in [0.1, 0.15) is 0 Å². The second-order valence-corrected chi connectivity index (χ2v) is 4.68. The molecule has 0 saturated carbocycles. The van der Waals surface area contributed by atoms with Crippen molar-refractivity contribution in [3.05, 3.63) is 28.2 Å². The van der Waals surface area contributed by atoms with Gasteiger partial charge in [0.15, 0.2) is 0 Å². The number of β-amino-alcohol motifs (C(OH)–C–C–N with tert-alkyl or cyclic N) is 1. The van der Waals surface area contributed by atoms with Gasteiger partial charge in [-0.15, -0.1) is 0 Å². The first-order valence-corrected chi connectivity index (χ1v) is 5.80. The Balaban J connectivity index is 2.24. The van der Waals surface area contributed by atoms with Crippen molar-refractivity contribution in [1.82, 2.24) is 0 Å². The van der Waals surface area contributed by atoms with Crippen molar-refractivity contribution in [1.29, 1.82) is 0 Å². The van der Waals surface area contributed by atoms with E-state index in [0.29, 0.717) is 16.6 Å². The van der Waals surface area contributed by atoms with E-state index in [1.165, 1.54) is 0 Å². The van der Waals surface area contributed by atoms with Gasteiger partial charge in [-0.05, 0) is 31.0 Å². The molecule has 0 radical (unpaired) electrons. The molecule has 1 atom stereocenters. The standard InChI is InChI=1S/C11H13Cl2NO/c12-8-3-4-10(13)11(6-8)14-5-1-2-9(15)7-14/h3-4,6,9,15H,1-2,5,7H2. The molecule has 0 aliphatic carbocycles. The van der Waals surface area contributed by atoms with Crippen LogP contribution in [0.1, 0.15) is 12.8 Å². The van der Waals surface area contributed by atoms with Crippen LogP contribution >= 0.6 is 23.2 Å². The molecule has 1 heterocycles. The fourth-order valence-corrected chi connectivity index (χ4v) is 2.31. The fourth-order valence-electron chi connectivity index (χ4n) is 1.90. The van der Waals surface area contributed by atoms with Crippen LogP contribution in [-0.4, -0.2) is 24.3 Å². The van der Waals surface area contributed by atoms with Gasteiger partial charge in [0.25, 0.3) is 0 Å². The fraction of sp³-hybridized carbons (Fsp3) is 0.455. The summed E-state index contributed by atoms with van der Waals surface area (Å²) in [5.74, 6) is 0. The smallest absolute Gasteiger partial charge is 0.0715 e. The molecular weight excluding hydrogens is 233 g/mol. The summed E-state index contributed by atoms with van der Waals surface area (Å²) >= 11 is 12.0. The summed E-state index contributed by atoms with van der Waals surface area (Å²) < 4.78 is 0. The van der Waals surface area contributed by atoms with E-state index in [-0.39, 0.29) is 6.10 Å². The largest absolute Gasteiger partial charge is 0.391 e. The van der Waals surface area contributed by atoms with Gasteiger partial charge in [-0.3, -0.25) is 0 Å². The van der Waals surface area contributed by atoms with Crippen molar-refractivity contribution in [2.75, 3.05) is 18.0 Å². The number of hydrogen-bond acceptors (Lipinski definition) is 2. The Morgan fingerprint density at radius 2 is 2.13 bits per heavy atom. The first-order chi connectivity index (χ1) is 7.16. The van der Waals surface area contributed by atoms with Gasteiger partial charge in [-0.1, -0.05) is 23.2 Å². The van der Waals surface area contributed by atoms with Crippen molar-refractivity contribution in [2.24, 2.45) is 0 Å². The Morgan fingerprint density at radius 3 is 2.87 bits per heavy atom. The zero-order valence-corrected chi connectivity index (χ0v) is 9.80. The van der Waals surface area contributed by atoms with E-state index in [4.69, 9.17) is 23.2 Å². The molecule has 82 valence electrons. The maximum absolute atomic E-state index is 9.58. The van der Waals surface area contributed by atoms with Crippen LogP contribution in [0.25, 0.3) is 0 Å². The van der Waals surface area contributed by atoms with Crippen LogP contribution in [0.2, 0.25) is 10.0 Å². The van der Waals surface area contributed by atoms with Crippen LogP contribution < -0.4 is 4.90 Å². The molecule has 2 nitrogen and oxygen atoms in total. The number of hydrogen-bond donors (Lipinski definition) is 1. The van der Waals surface area contributed by atoms with Gasteiger partial charge in [-0.2, -0.15) is 0 Å². The minimum atomic E-state index is -0.256. The molecule has 0 bridgehead atoms. The minimum absolute atomic E-state index is 0.256. The van der Waals surface area contributed by atoms with Gasteiger partial charge >= 0.3 is 0 Å². The number of aliphatic hydroxyl groups is 1. The van der Waals surface area contributed by atoms with Crippen LogP contribution in [0.3, 0.4) is 0 Å². The zero-order valence-electron chi connectivity index (χ0n) is 8.29. The van der Waals surface area contributed by atoms with Crippen molar-refractivity contribution < 1.29 is 5.11 Å². The summed E-state index contributed by atoms with van der Waals surface area (Å²) in [7, 11) is 0. The van der Waals surface area contributed by atoms with Crippen LogP contribution in [0.5, 0.6) is 0 Å². The van der Waals surface area contributed by atoms with Crippen LogP contribution in [-0.2, 0) is 0 Å². The summed E-state index contributed by atoms with van der Waals surface area (Å²) in [6, 6.07) is 5.41. The summed E-state index contributed by atoms with van der Waals surface area (Å²) in [5, 5.41) is 10.9. The minimum Gasteiger partial charge on any atom is -0.391 e. The van der Waals surface area contributed by atoms with Crippen LogP contribution in [0, 0.1) is 0 Å². The number of aliphatic hydroxyl groups excluding tert-OH is 1. The van der Waals surface area contributed by atoms with Gasteiger partial charge in [-0.25, -0.2) is 0 Å². The van der Waals surface area contributed by atoms with Gasteiger partial charge in [0.05, 0.1) is 16.8 Å². The Hall–Kier alpha value is -0.440. The molecule has 1 aromatic rings. The van der Waals surface area contributed by atoms with Gasteiger partial charge in [0, 0.05) is 18.1 Å². The van der Waals surface area contributed by atoms with Gasteiger partial charge < -0.3 is 10.0 Å². The van der Waals surface area contributed by atoms with Gasteiger partial charge in [0.2, 0.25) is 0 Å². The predicted molar refractivity (Wildman–Crippen MR) is 63.9 cm³/mol. The van der Waals surface area contributed by atoms with Crippen molar-refractivity contribution in [2.45, 2.75) is 18.9 Å². The SMILES string of the molecule is OC1CCCN(c2cc(Cl)ccc2Cl)C1. The molecule has 1 aromatic carbocycles. The molecule has 0 aromatic heterocycles. The molecule has 2 rings (SSSR count). The average Bonchev–Trinajstić information content (AvgIpc) is 2.22. The molecule has 4 heteroatoms. The molecule has 15 heavy (non-hydrogen) atoms. The third kappa shape index (κ3) is 2.57. The number of benzene rings is 1. The highest BCUT2D eigenvalue weighted by Gasteiger charge is 2.19. The summed E-state index contributed by atoms with van der Waals surface area (Å²) in [6.45, 7) is 1.57. The molecule has 1 aliphatic heterocycles. The molecule has 1 fully saturated rings. The normalized spacial score (nSPS) is 21.8. The molecule has 1 saturated heterocycles. The van der Waals surface area contributed by atoms with Crippen molar-refractivity contribution in [3.63, 3.8) is 0 Å². The third-order valence-corrected chi connectivity index (χ3v) is 3.20. The van der Waals surface area contributed by atoms with Crippen molar-refractivity contribution in [3.8, 4) is 0 Å². The summed E-state index contributed by atoms with van der Waals surface area (Å²) in [5.41, 5.74) is 0.919. The highest BCUT2D eigenvalue weighted by atomic mass is 35.5. The summed E-state index contributed by atoms with van der Waals surface area (Å²) in [4.78, 5) is 2.09. The predicted octanol–water partition coefficient (Wildman–Crippen LogP) is 2.95. The average molecular weight is 246 g/mol. The molecule has 1 unspecified atom stereocenters. The molecular formula is C11H13Cl2NO. The first kappa shape index (κ1) is 11.1. The lowest BCUT2D eigenvalue weighted by atomic mass is 10.1. The third-order valence-electron chi connectivity index (χ3n) is 2.65. The van der Waals surface area contributed by atoms with E-state index in [1.54, 1.807) is 12.1 Å². The van der Waals surface area contributed by atoms with E-state index in [2.05, 4.69) is 4.90 Å². The lowest BCUT2D eigenvalue weighted by Gasteiger charge is -2.32. The number of anilines is 1. The molecule has 1 aliphatic rings. The lowest BCUT2D eigenvalue weighted by molar-refractivity contribution is 0.154. The maximum atomic E-state index is 9.58. The van der Waals surface area contributed by atoms with E-state index < -0.39 is 0 Å². The van der Waals surface area contributed by atoms with E-state index in [0.717, 1.165) is 25.1 Å². The van der Waals surface area contributed by atoms with Crippen LogP contribution in [0.4, 0.5) is 5.69 Å². The van der Waals surface area contributed by atoms with Crippen LogP contribution in [0.15, 0.2) is 18.2 Å². The number of rotatable bonds is 1. The highest BCUT2D eigenvalue weighted by molar-refractivity contribution is 6.35. The summed E-state index contributed by atoms with van der Waals surface area (Å²) in [6.07, 6.45) is 1.60. The number of halogens is 2. The topological polar surface area (TPSA) is 23.5 Å². The molecule has 0 spiro atoms. The van der Waals surface area contributed by atoms with E-state index >= 15 is 0 Å². The van der Waals surface area contributed by atoms with E-state index in [9.17, 15) is 5.11 Å². The zero-order chi connectivity index (χ0) is 10.8. The number of nitrogens with zero attached hydrogens (tertiary/aromatic N) is 1. The molecule has 0 amide bonds. The monoisotopic (exact) mass is 245 g/mol. The maximum Gasteiger partial charge on any atom is 0.0715 e. The Bertz CT molecular complexity index is 356. The highest BCUT2D eigenvalue weighted by Crippen LogP contribution is 2.30. The Morgan fingerprint density at radius 1 is 1.33 bits per heavy atom.